The SMILES string of the molecule is Cc1nc2c3c(nc(-c4cc(NC(=O)OC(C)(C)C)cc5ccc(F)c(C#C[Si](C(C)C)(C(C)C)C(C)C)c45)c(F)c3c1C(F)(F)F)O[C@@H](C)[C@@H]1[C@@H]3CC[C@H](CN21)N3C(=O)OC(C)(C)C. The number of halogens is 5. The van der Waals surface area contributed by atoms with Crippen molar-refractivity contribution in [2.75, 3.05) is 16.8 Å². The number of pyridine rings is 2. The first kappa shape index (κ1) is 47.8. The van der Waals surface area contributed by atoms with Crippen LogP contribution in [0.2, 0.25) is 16.6 Å². The molecule has 5 heterocycles. The van der Waals surface area contributed by atoms with Crippen molar-refractivity contribution in [3.05, 3.63) is 52.7 Å². The molecule has 0 aliphatic carbocycles. The number of benzene rings is 2. The molecule has 0 unspecified atom stereocenters. The number of piperazine rings is 1. The third-order valence-electron chi connectivity index (χ3n) is 13.1. The summed E-state index contributed by atoms with van der Waals surface area (Å²) in [5.41, 5.74) is -0.112. The monoisotopic (exact) mass is 921 g/mol. The highest BCUT2D eigenvalue weighted by molar-refractivity contribution is 6.90. The van der Waals surface area contributed by atoms with E-state index in [2.05, 4.69) is 63.3 Å². The van der Waals surface area contributed by atoms with Gasteiger partial charge in [0.25, 0.3) is 0 Å². The number of carbonyl (C=O) groups excluding carboxylic acids is 2. The lowest BCUT2D eigenvalue weighted by Crippen LogP contribution is -2.65. The van der Waals surface area contributed by atoms with Crippen LogP contribution in [-0.2, 0) is 15.7 Å². The second-order valence-electron chi connectivity index (χ2n) is 20.7. The van der Waals surface area contributed by atoms with E-state index in [1.165, 1.54) is 25.1 Å². The average molecular weight is 922 g/mol. The number of fused-ring (bicyclic) bond motifs is 6. The van der Waals surface area contributed by atoms with Gasteiger partial charge >= 0.3 is 18.4 Å². The molecule has 16 heteroatoms. The number of nitrogens with one attached hydrogen (secondary N) is 1. The normalized spacial score (nSPS) is 19.9. The van der Waals surface area contributed by atoms with E-state index in [9.17, 15) is 9.59 Å². The Morgan fingerprint density at radius 3 is 2.11 bits per heavy atom. The van der Waals surface area contributed by atoms with Gasteiger partial charge in [0.05, 0.1) is 40.3 Å². The van der Waals surface area contributed by atoms with Gasteiger partial charge in [-0.25, -0.2) is 28.3 Å². The van der Waals surface area contributed by atoms with E-state index in [-0.39, 0.29) is 68.5 Å². The Balaban J connectivity index is 1.55. The molecule has 3 aliphatic rings. The van der Waals surface area contributed by atoms with Crippen molar-refractivity contribution in [2.45, 2.75) is 168 Å². The number of nitrogens with zero attached hydrogens (tertiary/aromatic N) is 4. The van der Waals surface area contributed by atoms with Crippen LogP contribution in [0.5, 0.6) is 5.88 Å². The number of rotatable bonds is 5. The number of anilines is 2. The average Bonchev–Trinajstić information content (AvgIpc) is 3.40. The highest BCUT2D eigenvalue weighted by Gasteiger charge is 2.54. The zero-order valence-corrected chi connectivity index (χ0v) is 40.7. The summed E-state index contributed by atoms with van der Waals surface area (Å²) in [5, 5.41) is 1.99. The summed E-state index contributed by atoms with van der Waals surface area (Å²) in [5.74, 6) is 0.855. The molecule has 350 valence electrons. The zero-order chi connectivity index (χ0) is 48.0. The van der Waals surface area contributed by atoms with Crippen LogP contribution in [0.15, 0.2) is 24.3 Å². The van der Waals surface area contributed by atoms with Crippen LogP contribution in [-0.4, -0.2) is 77.1 Å². The van der Waals surface area contributed by atoms with Crippen molar-refractivity contribution in [2.24, 2.45) is 0 Å². The number of aryl methyl sites for hydroxylation is 1. The molecule has 1 N–H and O–H groups in total. The Kier molecular flexibility index (Phi) is 12.2. The van der Waals surface area contributed by atoms with Crippen molar-refractivity contribution in [3.8, 4) is 28.6 Å². The van der Waals surface area contributed by atoms with Crippen LogP contribution in [0.3, 0.4) is 0 Å². The van der Waals surface area contributed by atoms with Crippen molar-refractivity contribution in [1.29, 1.82) is 0 Å². The van der Waals surface area contributed by atoms with Crippen LogP contribution >= 0.6 is 0 Å². The number of hydrogen-bond acceptors (Lipinski definition) is 8. The molecule has 2 bridgehead atoms. The molecule has 65 heavy (non-hydrogen) atoms. The van der Waals surface area contributed by atoms with Gasteiger partial charge in [0.15, 0.2) is 5.82 Å². The Labute approximate surface area is 379 Å². The van der Waals surface area contributed by atoms with Crippen molar-refractivity contribution >= 4 is 53.3 Å². The van der Waals surface area contributed by atoms with E-state index in [4.69, 9.17) is 19.2 Å². The van der Waals surface area contributed by atoms with Gasteiger partial charge in [-0.1, -0.05) is 53.5 Å². The van der Waals surface area contributed by atoms with Crippen LogP contribution in [0.1, 0.15) is 120 Å². The molecule has 0 spiro atoms. The predicted octanol–water partition coefficient (Wildman–Crippen LogP) is 12.7. The minimum Gasteiger partial charge on any atom is -0.472 e. The molecule has 10 nitrogen and oxygen atoms in total. The van der Waals surface area contributed by atoms with Gasteiger partial charge < -0.3 is 19.1 Å². The van der Waals surface area contributed by atoms with E-state index < -0.39 is 89.8 Å². The number of carbonyl (C=O) groups is 2. The van der Waals surface area contributed by atoms with Gasteiger partial charge in [-0.3, -0.25) is 10.2 Å². The maximum absolute atomic E-state index is 18.1. The van der Waals surface area contributed by atoms with Gasteiger partial charge in [0.2, 0.25) is 5.88 Å². The molecule has 4 atom stereocenters. The first-order chi connectivity index (χ1) is 30.1. The van der Waals surface area contributed by atoms with E-state index in [0.717, 1.165) is 0 Å². The summed E-state index contributed by atoms with van der Waals surface area (Å²) >= 11 is 0. The largest absolute Gasteiger partial charge is 0.472 e. The highest BCUT2D eigenvalue weighted by atomic mass is 28.3. The Morgan fingerprint density at radius 2 is 1.52 bits per heavy atom. The molecule has 4 aromatic rings. The Hall–Kier alpha value is -5.17. The fraction of sp³-hybridized carbons (Fsp3) is 0.551. The quantitative estimate of drug-likeness (QED) is 0.120. The molecular weight excluding hydrogens is 862 g/mol. The number of alkyl halides is 3. The Bertz CT molecular complexity index is 2620. The highest BCUT2D eigenvalue weighted by Crippen LogP contribution is 2.51. The first-order valence-corrected chi connectivity index (χ1v) is 24.6. The maximum atomic E-state index is 18.1. The summed E-state index contributed by atoms with van der Waals surface area (Å²) in [6, 6.07) is 4.07. The predicted molar refractivity (Wildman–Crippen MR) is 246 cm³/mol. The van der Waals surface area contributed by atoms with Crippen molar-refractivity contribution in [3.63, 3.8) is 0 Å². The minimum absolute atomic E-state index is 0.0497. The van der Waals surface area contributed by atoms with Gasteiger partial charge in [0.1, 0.15) is 42.7 Å². The summed E-state index contributed by atoms with van der Waals surface area (Å²) < 4.78 is 98.9. The number of hydrogen-bond donors (Lipinski definition) is 1. The summed E-state index contributed by atoms with van der Waals surface area (Å²) in [7, 11) is -2.51. The van der Waals surface area contributed by atoms with Crippen LogP contribution in [0.25, 0.3) is 32.8 Å². The van der Waals surface area contributed by atoms with Gasteiger partial charge in [-0.15, -0.1) is 5.54 Å². The molecule has 2 aromatic heterocycles. The number of amides is 2. The van der Waals surface area contributed by atoms with E-state index >= 15 is 22.0 Å². The lowest BCUT2D eigenvalue weighted by Gasteiger charge is -2.48. The molecule has 0 saturated carbocycles. The third kappa shape index (κ3) is 8.58. The fourth-order valence-electron chi connectivity index (χ4n) is 10.7. The van der Waals surface area contributed by atoms with E-state index in [1.807, 2.05) is 4.90 Å². The lowest BCUT2D eigenvalue weighted by molar-refractivity contribution is -0.137. The standard InChI is InChI=1S/C49H60F5N5O5Si/c1-24(2)65(25(3)4,26(5)6)20-19-32-34(50)17-15-29-21-30(56-45(60)63-47(9,10)11)22-33(36(29)32)41-40(51)37-38-43(55-27(7)39(37)49(52,53)54)58-23-31-16-18-35(42(58)28(8)62-44(38)57-41)59(31)46(61)64-48(12,13)14/h15,17,21-22,24-26,28,31,35,42H,16,18,23H2,1-14H3,(H,56,60)/t28-,31+,35-,42+/m0/s1. The zero-order valence-electron chi connectivity index (χ0n) is 39.7. The summed E-state index contributed by atoms with van der Waals surface area (Å²) in [6.45, 7) is 26.1. The van der Waals surface area contributed by atoms with Crippen molar-refractivity contribution < 1.29 is 45.8 Å². The molecular formula is C49H60F5N5O5Si. The summed E-state index contributed by atoms with van der Waals surface area (Å²) in [4.78, 5) is 39.7. The molecule has 2 aromatic carbocycles. The minimum atomic E-state index is -5.10. The fourth-order valence-corrected chi connectivity index (χ4v) is 15.9. The smallest absolute Gasteiger partial charge is 0.418 e. The van der Waals surface area contributed by atoms with Gasteiger partial charge in [-0.05, 0) is 108 Å². The summed E-state index contributed by atoms with van der Waals surface area (Å²) in [6.07, 6.45) is -6.12. The maximum Gasteiger partial charge on any atom is 0.418 e. The van der Waals surface area contributed by atoms with Crippen LogP contribution in [0.4, 0.5) is 43.0 Å². The van der Waals surface area contributed by atoms with Crippen LogP contribution < -0.4 is 15.0 Å². The third-order valence-corrected chi connectivity index (χ3v) is 19.4. The molecule has 2 saturated heterocycles. The molecule has 0 radical (unpaired) electrons. The molecule has 2 fully saturated rings. The van der Waals surface area contributed by atoms with Crippen molar-refractivity contribution in [1.82, 2.24) is 14.9 Å². The second kappa shape index (κ2) is 16.6. The number of aromatic nitrogens is 2. The topological polar surface area (TPSA) is 106 Å². The lowest BCUT2D eigenvalue weighted by atomic mass is 9.93. The molecule has 3 aliphatic heterocycles. The second-order valence-corrected chi connectivity index (χ2v) is 26.3. The van der Waals surface area contributed by atoms with E-state index in [0.29, 0.717) is 18.2 Å². The molecule has 7 rings (SSSR count). The van der Waals surface area contributed by atoms with E-state index in [1.54, 1.807) is 59.4 Å². The van der Waals surface area contributed by atoms with Crippen LogP contribution in [0, 0.1) is 30.0 Å². The van der Waals surface area contributed by atoms with Gasteiger partial charge in [-0.2, -0.15) is 13.2 Å². The Morgan fingerprint density at radius 1 is 0.892 bits per heavy atom. The molecule has 2 amide bonds. The number of ether oxygens (including phenoxy) is 3. The van der Waals surface area contributed by atoms with Gasteiger partial charge in [0, 0.05) is 28.6 Å². The first-order valence-electron chi connectivity index (χ1n) is 22.4.